The van der Waals surface area contributed by atoms with Gasteiger partial charge in [-0.25, -0.2) is 0 Å². The minimum Gasteiger partial charge on any atom is -0.297 e. The quantitative estimate of drug-likeness (QED) is 0.682. The lowest BCUT2D eigenvalue weighted by atomic mass is 9.84. The molecule has 2 atom stereocenters. The molecule has 1 heterocycles. The molecule has 0 bridgehead atoms. The smallest absolute Gasteiger partial charge is 0.155 e. The van der Waals surface area contributed by atoms with Crippen molar-refractivity contribution in [3.8, 4) is 0 Å². The van der Waals surface area contributed by atoms with Crippen LogP contribution in [0.1, 0.15) is 61.3 Å². The number of carbonyl (C=O) groups excluding carboxylic acids is 1. The van der Waals surface area contributed by atoms with Crippen LogP contribution in [0.2, 0.25) is 0 Å². The second kappa shape index (κ2) is 4.14. The first-order valence-corrected chi connectivity index (χ1v) is 6.38. The lowest BCUT2D eigenvalue weighted by molar-refractivity contribution is -0.133. The maximum absolute atomic E-state index is 12.4. The van der Waals surface area contributed by atoms with Crippen molar-refractivity contribution in [1.82, 2.24) is 4.90 Å². The number of hydrogen-bond acceptors (Lipinski definition) is 2. The van der Waals surface area contributed by atoms with Gasteiger partial charge in [-0.2, -0.15) is 0 Å². The highest BCUT2D eigenvalue weighted by atomic mass is 16.1. The van der Waals surface area contributed by atoms with Gasteiger partial charge in [0.1, 0.15) is 0 Å². The topological polar surface area (TPSA) is 20.3 Å². The van der Waals surface area contributed by atoms with Gasteiger partial charge in [-0.05, 0) is 40.5 Å². The molecule has 1 rings (SSSR count). The average Bonchev–Trinajstić information content (AvgIpc) is 2.42. The van der Waals surface area contributed by atoms with Gasteiger partial charge >= 0.3 is 0 Å². The van der Waals surface area contributed by atoms with Gasteiger partial charge < -0.3 is 0 Å². The number of carbonyl (C=O) groups is 1. The van der Waals surface area contributed by atoms with Gasteiger partial charge in [-0.3, -0.25) is 9.69 Å². The van der Waals surface area contributed by atoms with E-state index in [1.165, 1.54) is 0 Å². The van der Waals surface area contributed by atoms with E-state index in [1.807, 2.05) is 20.8 Å². The van der Waals surface area contributed by atoms with Crippen LogP contribution in [0.3, 0.4) is 0 Å². The molecule has 1 aliphatic rings. The maximum atomic E-state index is 12.4. The van der Waals surface area contributed by atoms with E-state index in [0.717, 1.165) is 12.8 Å². The van der Waals surface area contributed by atoms with E-state index in [2.05, 4.69) is 32.6 Å². The minimum atomic E-state index is -0.224. The number of likely N-dealkylation sites (tertiary alicyclic amines) is 1. The summed E-state index contributed by atoms with van der Waals surface area (Å²) in [5.41, 5.74) is -0.139. The molecule has 94 valence electrons. The zero-order valence-corrected chi connectivity index (χ0v) is 11.9. The molecule has 1 saturated heterocycles. The number of rotatable bonds is 1. The first-order chi connectivity index (χ1) is 7.05. The summed E-state index contributed by atoms with van der Waals surface area (Å²) in [5.74, 6) is 0.395. The normalized spacial score (nSPS) is 28.4. The third-order valence-corrected chi connectivity index (χ3v) is 3.48. The Morgan fingerprint density at radius 3 is 1.94 bits per heavy atom. The molecule has 0 aliphatic carbocycles. The van der Waals surface area contributed by atoms with E-state index in [1.54, 1.807) is 0 Å². The van der Waals surface area contributed by atoms with Crippen LogP contribution in [-0.4, -0.2) is 28.3 Å². The maximum Gasteiger partial charge on any atom is 0.155 e. The predicted molar refractivity (Wildman–Crippen MR) is 68.5 cm³/mol. The highest BCUT2D eigenvalue weighted by Crippen LogP contribution is 2.35. The first kappa shape index (κ1) is 13.7. The van der Waals surface area contributed by atoms with Crippen molar-refractivity contribution in [2.75, 3.05) is 0 Å². The van der Waals surface area contributed by atoms with Crippen LogP contribution in [0, 0.1) is 5.41 Å². The van der Waals surface area contributed by atoms with E-state index in [0.29, 0.717) is 11.8 Å². The van der Waals surface area contributed by atoms with E-state index >= 15 is 0 Å². The Bertz CT molecular complexity index is 269. The molecule has 0 N–H and O–H groups in total. The summed E-state index contributed by atoms with van der Waals surface area (Å²) in [7, 11) is 0. The summed E-state index contributed by atoms with van der Waals surface area (Å²) in [6.45, 7) is 14.9. The van der Waals surface area contributed by atoms with Crippen LogP contribution >= 0.6 is 0 Å². The molecule has 1 aliphatic heterocycles. The Labute approximate surface area is 100 Å². The van der Waals surface area contributed by atoms with Crippen LogP contribution in [0.15, 0.2) is 0 Å². The molecule has 1 unspecified atom stereocenters. The molecule has 0 amide bonds. The summed E-state index contributed by atoms with van der Waals surface area (Å²) in [6.07, 6.45) is 2.16. The highest BCUT2D eigenvalue weighted by molar-refractivity contribution is 5.89. The van der Waals surface area contributed by atoms with Crippen LogP contribution in [-0.2, 0) is 4.79 Å². The fourth-order valence-corrected chi connectivity index (χ4v) is 2.87. The molecule has 0 spiro atoms. The van der Waals surface area contributed by atoms with Gasteiger partial charge in [0.15, 0.2) is 5.78 Å². The average molecular weight is 225 g/mol. The molecule has 0 aromatic rings. The largest absolute Gasteiger partial charge is 0.297 e. The molecule has 1 fully saturated rings. The number of Topliss-reactive ketones (excluding diaryl/α,β-unsaturated/α-hetero) is 1. The molecule has 0 aromatic carbocycles. The van der Waals surface area contributed by atoms with Crippen LogP contribution < -0.4 is 0 Å². The Kier molecular flexibility index (Phi) is 3.54. The zero-order valence-electron chi connectivity index (χ0n) is 11.9. The van der Waals surface area contributed by atoms with E-state index < -0.39 is 0 Å². The van der Waals surface area contributed by atoms with E-state index in [4.69, 9.17) is 0 Å². The first-order valence-electron chi connectivity index (χ1n) is 6.38. The summed E-state index contributed by atoms with van der Waals surface area (Å²) in [6, 6.07) is 0.645. The van der Waals surface area contributed by atoms with Crippen molar-refractivity contribution in [2.24, 2.45) is 5.41 Å². The Balaban J connectivity index is 2.93. The van der Waals surface area contributed by atoms with Crippen molar-refractivity contribution in [2.45, 2.75) is 78.9 Å². The fourth-order valence-electron chi connectivity index (χ4n) is 2.87. The van der Waals surface area contributed by atoms with Gasteiger partial charge in [0.25, 0.3) is 0 Å². The van der Waals surface area contributed by atoms with Crippen LogP contribution in [0.25, 0.3) is 0 Å². The van der Waals surface area contributed by atoms with Crippen LogP contribution in [0.5, 0.6) is 0 Å². The third-order valence-electron chi connectivity index (χ3n) is 3.48. The second-order valence-electron chi connectivity index (χ2n) is 7.13. The summed E-state index contributed by atoms with van der Waals surface area (Å²) in [5, 5.41) is 0. The third kappa shape index (κ3) is 2.65. The lowest BCUT2D eigenvalue weighted by Crippen LogP contribution is -2.53. The summed E-state index contributed by atoms with van der Waals surface area (Å²) >= 11 is 0. The molecule has 2 nitrogen and oxygen atoms in total. The lowest BCUT2D eigenvalue weighted by Gasteiger charge is -2.41. The standard InChI is InChI=1S/C14H27NO/c1-10-8-9-11(12(16)13(2,3)4)15(10)14(5,6)7/h10-11H,8-9H2,1-7H3/t10-,11?/m1/s1. The molecule has 0 saturated carbocycles. The Morgan fingerprint density at radius 2 is 1.56 bits per heavy atom. The number of hydrogen-bond donors (Lipinski definition) is 0. The fraction of sp³-hybridized carbons (Fsp3) is 0.929. The molecule has 2 heteroatoms. The van der Waals surface area contributed by atoms with Gasteiger partial charge in [0.2, 0.25) is 0 Å². The Hall–Kier alpha value is -0.370. The van der Waals surface area contributed by atoms with Crippen molar-refractivity contribution >= 4 is 5.78 Å². The van der Waals surface area contributed by atoms with Crippen molar-refractivity contribution in [3.05, 3.63) is 0 Å². The highest BCUT2D eigenvalue weighted by Gasteiger charge is 2.44. The molecular formula is C14H27NO. The van der Waals surface area contributed by atoms with Gasteiger partial charge in [0.05, 0.1) is 6.04 Å². The predicted octanol–water partition coefficient (Wildman–Crippen LogP) is 3.25. The van der Waals surface area contributed by atoms with E-state index in [9.17, 15) is 4.79 Å². The molecule has 16 heavy (non-hydrogen) atoms. The van der Waals surface area contributed by atoms with E-state index in [-0.39, 0.29) is 17.0 Å². The monoisotopic (exact) mass is 225 g/mol. The SMILES string of the molecule is C[C@@H]1CCC(C(=O)C(C)(C)C)N1C(C)(C)C. The Morgan fingerprint density at radius 1 is 1.06 bits per heavy atom. The van der Waals surface area contributed by atoms with Crippen molar-refractivity contribution < 1.29 is 4.79 Å². The minimum absolute atomic E-state index is 0.0848. The van der Waals surface area contributed by atoms with Crippen molar-refractivity contribution in [3.63, 3.8) is 0 Å². The van der Waals surface area contributed by atoms with Gasteiger partial charge in [0, 0.05) is 17.0 Å². The number of ketones is 1. The number of nitrogens with zero attached hydrogens (tertiary/aromatic N) is 1. The zero-order chi connectivity index (χ0) is 12.7. The van der Waals surface area contributed by atoms with Crippen LogP contribution in [0.4, 0.5) is 0 Å². The second-order valence-corrected chi connectivity index (χ2v) is 7.13. The molecule has 0 aromatic heterocycles. The van der Waals surface area contributed by atoms with Crippen molar-refractivity contribution in [1.29, 1.82) is 0 Å². The van der Waals surface area contributed by atoms with Gasteiger partial charge in [-0.15, -0.1) is 0 Å². The van der Waals surface area contributed by atoms with Gasteiger partial charge in [-0.1, -0.05) is 20.8 Å². The molecular weight excluding hydrogens is 198 g/mol. The molecule has 0 radical (unpaired) electrons. The summed E-state index contributed by atoms with van der Waals surface area (Å²) < 4.78 is 0. The summed E-state index contributed by atoms with van der Waals surface area (Å²) in [4.78, 5) is 14.8.